The van der Waals surface area contributed by atoms with Gasteiger partial charge in [-0.05, 0) is 37.0 Å². The molecule has 0 saturated heterocycles. The molecule has 3 nitrogen and oxygen atoms in total. The third-order valence-corrected chi connectivity index (χ3v) is 3.65. The maximum atomic E-state index is 8.61. The Labute approximate surface area is 129 Å². The molecule has 0 radical (unpaired) electrons. The lowest BCUT2D eigenvalue weighted by Crippen LogP contribution is -2.16. The van der Waals surface area contributed by atoms with Crippen LogP contribution in [0.25, 0.3) is 0 Å². The fraction of sp³-hybridized carbons (Fsp3) is 0.611. The van der Waals surface area contributed by atoms with Gasteiger partial charge in [0.25, 0.3) is 0 Å². The van der Waals surface area contributed by atoms with E-state index in [1.165, 1.54) is 43.9 Å². The van der Waals surface area contributed by atoms with E-state index in [9.17, 15) is 0 Å². The van der Waals surface area contributed by atoms with Crippen LogP contribution in [-0.2, 0) is 11.2 Å². The van der Waals surface area contributed by atoms with E-state index in [4.69, 9.17) is 9.94 Å². The number of hydrogen-bond acceptors (Lipinski definition) is 3. The molecule has 118 valence electrons. The molecule has 0 aliphatic rings. The molecule has 1 unspecified atom stereocenters. The number of ether oxygens (including phenoxy) is 1. The topological polar surface area (TPSA) is 41.8 Å². The van der Waals surface area contributed by atoms with E-state index in [2.05, 4.69) is 31.1 Å². The summed E-state index contributed by atoms with van der Waals surface area (Å²) in [5, 5.41) is 11.7. The van der Waals surface area contributed by atoms with E-state index >= 15 is 0 Å². The van der Waals surface area contributed by atoms with Crippen LogP contribution in [0.4, 0.5) is 0 Å². The van der Waals surface area contributed by atoms with Crippen molar-refractivity contribution < 1.29 is 9.94 Å². The molecule has 0 spiro atoms. The van der Waals surface area contributed by atoms with Crippen molar-refractivity contribution in [2.24, 2.45) is 5.16 Å². The third kappa shape index (κ3) is 7.86. The second kappa shape index (κ2) is 11.3. The van der Waals surface area contributed by atoms with Gasteiger partial charge in [0.1, 0.15) is 0 Å². The lowest BCUT2D eigenvalue weighted by Gasteiger charge is -2.17. The second-order valence-electron chi connectivity index (χ2n) is 5.47. The van der Waals surface area contributed by atoms with Crippen LogP contribution >= 0.6 is 0 Å². The number of nitrogens with zero attached hydrogens (tertiary/aromatic N) is 1. The molecular weight excluding hydrogens is 262 g/mol. The Bertz CT molecular complexity index is 404. The Morgan fingerprint density at radius 1 is 1.19 bits per heavy atom. The molecule has 0 fully saturated rings. The highest BCUT2D eigenvalue weighted by Gasteiger charge is 2.09. The molecule has 0 bridgehead atoms. The Morgan fingerprint density at radius 3 is 2.71 bits per heavy atom. The second-order valence-corrected chi connectivity index (χ2v) is 5.47. The number of rotatable bonds is 11. The molecule has 0 amide bonds. The maximum Gasteiger partial charge on any atom is 0.0733 e. The average molecular weight is 291 g/mol. The minimum absolute atomic E-state index is 0.290. The van der Waals surface area contributed by atoms with E-state index in [0.717, 1.165) is 25.0 Å². The van der Waals surface area contributed by atoms with Crippen molar-refractivity contribution in [1.29, 1.82) is 0 Å². The van der Waals surface area contributed by atoms with Crippen molar-refractivity contribution in [2.75, 3.05) is 6.61 Å². The first-order valence-corrected chi connectivity index (χ1v) is 8.18. The molecule has 0 heterocycles. The van der Waals surface area contributed by atoms with Crippen LogP contribution in [0.3, 0.4) is 0 Å². The van der Waals surface area contributed by atoms with Crippen molar-refractivity contribution >= 4 is 6.21 Å². The highest BCUT2D eigenvalue weighted by Crippen LogP contribution is 2.15. The molecule has 1 atom stereocenters. The van der Waals surface area contributed by atoms with E-state index in [-0.39, 0.29) is 6.10 Å². The lowest BCUT2D eigenvalue weighted by molar-refractivity contribution is 0.0552. The Morgan fingerprint density at radius 2 is 2.00 bits per heavy atom. The number of hydrogen-bond donors (Lipinski definition) is 1. The van der Waals surface area contributed by atoms with Gasteiger partial charge in [-0.3, -0.25) is 0 Å². The average Bonchev–Trinajstić information content (AvgIpc) is 2.48. The molecule has 21 heavy (non-hydrogen) atoms. The first-order valence-electron chi connectivity index (χ1n) is 8.18. The molecule has 0 saturated carbocycles. The van der Waals surface area contributed by atoms with Crippen molar-refractivity contribution in [3.63, 3.8) is 0 Å². The van der Waals surface area contributed by atoms with Crippen molar-refractivity contribution in [3.05, 3.63) is 35.4 Å². The zero-order chi connectivity index (χ0) is 15.3. The summed E-state index contributed by atoms with van der Waals surface area (Å²) >= 11 is 0. The summed E-state index contributed by atoms with van der Waals surface area (Å²) in [5.74, 6) is 0. The SMILES string of the molecule is CCCCCCCC(Cc1cccc(C=NO)c1)OCC. The van der Waals surface area contributed by atoms with Gasteiger partial charge in [-0.25, -0.2) is 0 Å². The monoisotopic (exact) mass is 291 g/mol. The summed E-state index contributed by atoms with van der Waals surface area (Å²) in [6, 6.07) is 8.10. The molecule has 3 heteroatoms. The molecule has 1 N–H and O–H groups in total. The maximum absolute atomic E-state index is 8.61. The van der Waals surface area contributed by atoms with Crippen molar-refractivity contribution in [2.45, 2.75) is 64.9 Å². The predicted molar refractivity (Wildman–Crippen MR) is 88.3 cm³/mol. The van der Waals surface area contributed by atoms with Gasteiger partial charge < -0.3 is 9.94 Å². The minimum atomic E-state index is 0.290. The van der Waals surface area contributed by atoms with Crippen LogP contribution in [0.15, 0.2) is 29.4 Å². The fourth-order valence-electron chi connectivity index (χ4n) is 2.59. The summed E-state index contributed by atoms with van der Waals surface area (Å²) in [6.07, 6.45) is 10.3. The standard InChI is InChI=1S/C18H29NO2/c1-3-5-6-7-8-12-18(21-4-2)14-16-10-9-11-17(13-16)15-19-20/h9-11,13,15,18,20H,3-8,12,14H2,1-2H3. The lowest BCUT2D eigenvalue weighted by atomic mass is 10.0. The third-order valence-electron chi connectivity index (χ3n) is 3.65. The van der Waals surface area contributed by atoms with Crippen LogP contribution in [0, 0.1) is 0 Å². The smallest absolute Gasteiger partial charge is 0.0733 e. The van der Waals surface area contributed by atoms with Crippen LogP contribution in [-0.4, -0.2) is 24.1 Å². The number of unbranched alkanes of at least 4 members (excludes halogenated alkanes) is 4. The zero-order valence-corrected chi connectivity index (χ0v) is 13.4. The van der Waals surface area contributed by atoms with Gasteiger partial charge >= 0.3 is 0 Å². The molecule has 1 aromatic rings. The molecule has 1 aromatic carbocycles. The van der Waals surface area contributed by atoms with Crippen LogP contribution < -0.4 is 0 Å². The van der Waals surface area contributed by atoms with Crippen LogP contribution in [0.2, 0.25) is 0 Å². The van der Waals surface area contributed by atoms with Crippen LogP contribution in [0.1, 0.15) is 63.5 Å². The Kier molecular flexibility index (Phi) is 9.55. The molecule has 0 aromatic heterocycles. The van der Waals surface area contributed by atoms with Gasteiger partial charge in [0.2, 0.25) is 0 Å². The van der Waals surface area contributed by atoms with Gasteiger partial charge in [0, 0.05) is 6.61 Å². The highest BCUT2D eigenvalue weighted by atomic mass is 16.5. The molecule has 0 aliphatic heterocycles. The fourth-order valence-corrected chi connectivity index (χ4v) is 2.59. The van der Waals surface area contributed by atoms with Gasteiger partial charge in [0.15, 0.2) is 0 Å². The molecule has 0 aliphatic carbocycles. The summed E-state index contributed by atoms with van der Waals surface area (Å²) in [4.78, 5) is 0. The van der Waals surface area contributed by atoms with E-state index in [1.807, 2.05) is 12.1 Å². The summed E-state index contributed by atoms with van der Waals surface area (Å²) in [7, 11) is 0. The van der Waals surface area contributed by atoms with Crippen LogP contribution in [0.5, 0.6) is 0 Å². The quantitative estimate of drug-likeness (QED) is 0.275. The van der Waals surface area contributed by atoms with Crippen molar-refractivity contribution in [1.82, 2.24) is 0 Å². The van der Waals surface area contributed by atoms with E-state index in [0.29, 0.717) is 0 Å². The Hall–Kier alpha value is -1.35. The molecular formula is C18H29NO2. The van der Waals surface area contributed by atoms with E-state index < -0.39 is 0 Å². The largest absolute Gasteiger partial charge is 0.411 e. The van der Waals surface area contributed by atoms with Gasteiger partial charge in [-0.2, -0.15) is 0 Å². The van der Waals surface area contributed by atoms with Gasteiger partial charge in [-0.1, -0.05) is 62.4 Å². The highest BCUT2D eigenvalue weighted by molar-refractivity contribution is 5.79. The summed E-state index contributed by atoms with van der Waals surface area (Å²) in [6.45, 7) is 5.06. The van der Waals surface area contributed by atoms with Gasteiger partial charge in [0.05, 0.1) is 12.3 Å². The normalized spacial score (nSPS) is 12.9. The Balaban J connectivity index is 2.47. The molecule has 1 rings (SSSR count). The number of benzene rings is 1. The number of oxime groups is 1. The van der Waals surface area contributed by atoms with E-state index in [1.54, 1.807) is 0 Å². The summed E-state index contributed by atoms with van der Waals surface area (Å²) in [5.41, 5.74) is 2.16. The van der Waals surface area contributed by atoms with Gasteiger partial charge in [-0.15, -0.1) is 0 Å². The zero-order valence-electron chi connectivity index (χ0n) is 13.4. The summed E-state index contributed by atoms with van der Waals surface area (Å²) < 4.78 is 5.87. The minimum Gasteiger partial charge on any atom is -0.411 e. The first kappa shape index (κ1) is 17.7. The first-order chi connectivity index (χ1) is 10.3. The predicted octanol–water partition coefficient (Wildman–Crippen LogP) is 4.80. The van der Waals surface area contributed by atoms with Crippen molar-refractivity contribution in [3.8, 4) is 0 Å².